The lowest BCUT2D eigenvalue weighted by atomic mass is 10.1. The van der Waals surface area contributed by atoms with E-state index in [0.717, 1.165) is 12.1 Å². The van der Waals surface area contributed by atoms with Crippen LogP contribution in [0.5, 0.6) is 5.75 Å². The number of hydrogen-bond acceptors (Lipinski definition) is 5. The van der Waals surface area contributed by atoms with Gasteiger partial charge >= 0.3 is 6.18 Å². The molecule has 3 aromatic rings. The molecule has 0 bridgehead atoms. The molecule has 0 spiro atoms. The van der Waals surface area contributed by atoms with Crippen molar-refractivity contribution in [2.45, 2.75) is 19.7 Å². The van der Waals surface area contributed by atoms with Crippen molar-refractivity contribution in [3.63, 3.8) is 0 Å². The zero-order valence-corrected chi connectivity index (χ0v) is 16.3. The molecule has 0 N–H and O–H groups in total. The van der Waals surface area contributed by atoms with Gasteiger partial charge < -0.3 is 18.8 Å². The molecule has 2 heterocycles. The van der Waals surface area contributed by atoms with Gasteiger partial charge in [0, 0.05) is 13.1 Å². The molecule has 4 rings (SSSR count). The van der Waals surface area contributed by atoms with E-state index in [0.29, 0.717) is 54.5 Å². The normalized spacial score (nSPS) is 14.9. The Morgan fingerprint density at radius 2 is 1.83 bits per heavy atom. The van der Waals surface area contributed by atoms with E-state index in [1.807, 2.05) is 4.90 Å². The van der Waals surface area contributed by atoms with Gasteiger partial charge in [0.05, 0.1) is 29.7 Å². The monoisotopic (exact) mass is 419 g/mol. The van der Waals surface area contributed by atoms with Crippen molar-refractivity contribution in [3.05, 3.63) is 69.4 Å². The van der Waals surface area contributed by atoms with E-state index >= 15 is 0 Å². The van der Waals surface area contributed by atoms with E-state index in [1.54, 1.807) is 31.2 Å². The van der Waals surface area contributed by atoms with Gasteiger partial charge in [-0.2, -0.15) is 13.2 Å². The summed E-state index contributed by atoms with van der Waals surface area (Å²) in [6.45, 7) is 3.90. The van der Waals surface area contributed by atoms with Gasteiger partial charge in [0.25, 0.3) is 0 Å². The molecule has 30 heavy (non-hydrogen) atoms. The van der Waals surface area contributed by atoms with Crippen LogP contribution in [0.3, 0.4) is 0 Å². The number of benzene rings is 2. The van der Waals surface area contributed by atoms with Gasteiger partial charge in [0.2, 0.25) is 5.88 Å². The third-order valence-corrected chi connectivity index (χ3v) is 5.03. The Morgan fingerprint density at radius 3 is 2.57 bits per heavy atom. The van der Waals surface area contributed by atoms with Crippen LogP contribution >= 0.6 is 0 Å². The van der Waals surface area contributed by atoms with Crippen LogP contribution < -0.4 is 15.1 Å². The third kappa shape index (κ3) is 4.00. The molecule has 8 heteroatoms. The quantitative estimate of drug-likeness (QED) is 0.622. The Bertz CT molecular complexity index is 1120. The van der Waals surface area contributed by atoms with Crippen LogP contribution in [0.2, 0.25) is 0 Å². The molecule has 1 saturated heterocycles. The second-order valence-electron chi connectivity index (χ2n) is 7.08. The van der Waals surface area contributed by atoms with Gasteiger partial charge in [-0.15, -0.1) is 0 Å². The molecule has 1 fully saturated rings. The average Bonchev–Trinajstić information content (AvgIpc) is 2.75. The molecule has 1 aliphatic rings. The predicted octanol–water partition coefficient (Wildman–Crippen LogP) is 4.54. The van der Waals surface area contributed by atoms with Crippen LogP contribution in [0.4, 0.5) is 19.1 Å². The Kier molecular flexibility index (Phi) is 5.42. The maximum absolute atomic E-state index is 12.9. The van der Waals surface area contributed by atoms with E-state index < -0.39 is 11.7 Å². The second kappa shape index (κ2) is 8.02. The summed E-state index contributed by atoms with van der Waals surface area (Å²) in [4.78, 5) is 14.8. The summed E-state index contributed by atoms with van der Waals surface area (Å²) in [5.41, 5.74) is 0.242. The first-order valence-corrected chi connectivity index (χ1v) is 9.52. The maximum atomic E-state index is 12.9. The Hall–Kier alpha value is -3.00. The number of para-hydroxylation sites is 1. The molecule has 0 aliphatic carbocycles. The fourth-order valence-corrected chi connectivity index (χ4v) is 3.45. The van der Waals surface area contributed by atoms with Crippen LogP contribution in [-0.4, -0.2) is 26.3 Å². The van der Waals surface area contributed by atoms with Crippen molar-refractivity contribution >= 4 is 16.9 Å². The van der Waals surface area contributed by atoms with Crippen molar-refractivity contribution in [1.29, 1.82) is 0 Å². The molecule has 0 unspecified atom stereocenters. The average molecular weight is 419 g/mol. The van der Waals surface area contributed by atoms with Crippen LogP contribution in [0.25, 0.3) is 11.0 Å². The maximum Gasteiger partial charge on any atom is 0.416 e. The number of ether oxygens (including phenoxy) is 2. The summed E-state index contributed by atoms with van der Waals surface area (Å²) in [7, 11) is 0. The van der Waals surface area contributed by atoms with Gasteiger partial charge in [-0.1, -0.05) is 18.2 Å². The fraction of sp³-hybridized carbons (Fsp3) is 0.318. The zero-order valence-electron chi connectivity index (χ0n) is 16.3. The largest absolute Gasteiger partial charge is 0.485 e. The van der Waals surface area contributed by atoms with Crippen molar-refractivity contribution in [3.8, 4) is 5.75 Å². The lowest BCUT2D eigenvalue weighted by molar-refractivity contribution is -0.137. The first-order chi connectivity index (χ1) is 14.3. The highest BCUT2D eigenvalue weighted by Crippen LogP contribution is 2.32. The van der Waals surface area contributed by atoms with E-state index in [2.05, 4.69) is 0 Å². The molecule has 158 valence electrons. The predicted molar refractivity (Wildman–Crippen MR) is 106 cm³/mol. The smallest absolute Gasteiger partial charge is 0.416 e. The van der Waals surface area contributed by atoms with Crippen molar-refractivity contribution < 1.29 is 27.1 Å². The molecule has 0 amide bonds. The number of halogens is 3. The van der Waals surface area contributed by atoms with Crippen LogP contribution in [0.1, 0.15) is 16.7 Å². The zero-order chi connectivity index (χ0) is 21.3. The molecule has 0 atom stereocenters. The number of fused-ring (bicyclic) bond motifs is 1. The first-order valence-electron chi connectivity index (χ1n) is 9.52. The van der Waals surface area contributed by atoms with Crippen LogP contribution in [0, 0.1) is 6.92 Å². The molecule has 1 aliphatic heterocycles. The lowest BCUT2D eigenvalue weighted by Gasteiger charge is -2.28. The number of rotatable bonds is 4. The molecule has 0 radical (unpaired) electrons. The SMILES string of the molecule is Cc1c(N2CCOCC2)oc2c(OCc3cccc(C(F)(F)F)c3)cccc2c1=O. The molecule has 2 aromatic carbocycles. The summed E-state index contributed by atoms with van der Waals surface area (Å²) in [6, 6.07) is 9.90. The van der Waals surface area contributed by atoms with Crippen LogP contribution in [-0.2, 0) is 17.5 Å². The van der Waals surface area contributed by atoms with Gasteiger partial charge in [0.15, 0.2) is 16.8 Å². The second-order valence-corrected chi connectivity index (χ2v) is 7.08. The van der Waals surface area contributed by atoms with E-state index in [4.69, 9.17) is 13.9 Å². The minimum atomic E-state index is -4.42. The minimum Gasteiger partial charge on any atom is -0.485 e. The van der Waals surface area contributed by atoms with Gasteiger partial charge in [-0.3, -0.25) is 4.79 Å². The van der Waals surface area contributed by atoms with Gasteiger partial charge in [-0.05, 0) is 36.8 Å². The molecule has 1 aromatic heterocycles. The Balaban J connectivity index is 1.68. The highest BCUT2D eigenvalue weighted by Gasteiger charge is 2.30. The molecular formula is C22H20F3NO4. The number of hydrogen-bond donors (Lipinski definition) is 0. The number of alkyl halides is 3. The molecular weight excluding hydrogens is 399 g/mol. The summed E-state index contributed by atoms with van der Waals surface area (Å²) >= 11 is 0. The van der Waals surface area contributed by atoms with Crippen molar-refractivity contribution in [2.24, 2.45) is 0 Å². The topological polar surface area (TPSA) is 51.9 Å². The number of anilines is 1. The van der Waals surface area contributed by atoms with E-state index in [1.165, 1.54) is 6.07 Å². The third-order valence-electron chi connectivity index (χ3n) is 5.03. The highest BCUT2D eigenvalue weighted by molar-refractivity contribution is 5.84. The molecule has 0 saturated carbocycles. The summed E-state index contributed by atoms with van der Waals surface area (Å²) in [5.74, 6) is 0.766. The lowest BCUT2D eigenvalue weighted by Crippen LogP contribution is -2.37. The van der Waals surface area contributed by atoms with Crippen molar-refractivity contribution in [1.82, 2.24) is 0 Å². The first kappa shape index (κ1) is 20.3. The Labute approximate surface area is 170 Å². The Morgan fingerprint density at radius 1 is 1.10 bits per heavy atom. The number of nitrogens with zero attached hydrogens (tertiary/aromatic N) is 1. The van der Waals surface area contributed by atoms with Gasteiger partial charge in [-0.25, -0.2) is 0 Å². The number of morpholine rings is 1. The van der Waals surface area contributed by atoms with E-state index in [-0.39, 0.29) is 17.6 Å². The van der Waals surface area contributed by atoms with Crippen LogP contribution in [0.15, 0.2) is 51.7 Å². The standard InChI is InChI=1S/C22H20F3NO4/c1-14-19(27)17-6-3-7-18(20(17)30-21(14)26-8-10-28-11-9-26)29-13-15-4-2-5-16(12-15)22(23,24)25/h2-7,12H,8-11,13H2,1H3. The van der Waals surface area contributed by atoms with Crippen molar-refractivity contribution in [2.75, 3.05) is 31.2 Å². The summed E-state index contributed by atoms with van der Waals surface area (Å²) < 4.78 is 56.0. The fourth-order valence-electron chi connectivity index (χ4n) is 3.45. The molecule has 5 nitrogen and oxygen atoms in total. The summed E-state index contributed by atoms with van der Waals surface area (Å²) in [5, 5.41) is 0.367. The van der Waals surface area contributed by atoms with Gasteiger partial charge in [0.1, 0.15) is 6.61 Å². The van der Waals surface area contributed by atoms with E-state index in [9.17, 15) is 18.0 Å². The highest BCUT2D eigenvalue weighted by atomic mass is 19.4. The minimum absolute atomic E-state index is 0.0898. The summed E-state index contributed by atoms with van der Waals surface area (Å²) in [6.07, 6.45) is -4.42.